The van der Waals surface area contributed by atoms with Crippen LogP contribution in [0, 0.1) is 5.41 Å². The van der Waals surface area contributed by atoms with Crippen LogP contribution in [0.4, 0.5) is 0 Å². The summed E-state index contributed by atoms with van der Waals surface area (Å²) >= 11 is 0. The van der Waals surface area contributed by atoms with E-state index in [-0.39, 0.29) is 30.8 Å². The summed E-state index contributed by atoms with van der Waals surface area (Å²) in [5, 5.41) is 0. The highest BCUT2D eigenvalue weighted by Gasteiger charge is 2.23. The van der Waals surface area contributed by atoms with Crippen LogP contribution in [0.25, 0.3) is 6.08 Å². The summed E-state index contributed by atoms with van der Waals surface area (Å²) < 4.78 is 22.2. The Kier molecular flexibility index (Phi) is 9.09. The summed E-state index contributed by atoms with van der Waals surface area (Å²) in [4.78, 5) is 24.4. The number of rotatable bonds is 10. The smallest absolute Gasteiger partial charge is 0.314 e. The number of hydrogen-bond donors (Lipinski definition) is 0. The number of ketones is 1. The zero-order chi connectivity index (χ0) is 24.6. The number of esters is 1. The highest BCUT2D eigenvalue weighted by atomic mass is 16.7. The summed E-state index contributed by atoms with van der Waals surface area (Å²) in [5.74, 6) is 1.38. The summed E-state index contributed by atoms with van der Waals surface area (Å²) in [7, 11) is 0. The summed E-state index contributed by atoms with van der Waals surface area (Å²) in [6, 6.07) is 12.2. The maximum Gasteiger partial charge on any atom is 0.314 e. The van der Waals surface area contributed by atoms with Crippen LogP contribution in [-0.4, -0.2) is 30.8 Å². The van der Waals surface area contributed by atoms with Crippen LogP contribution in [0.2, 0.25) is 0 Å². The van der Waals surface area contributed by atoms with Crippen molar-refractivity contribution in [1.29, 1.82) is 0 Å². The molecular weight excluding hydrogens is 420 g/mol. The second-order valence-electron chi connectivity index (χ2n) is 9.20. The first-order valence-corrected chi connectivity index (χ1v) is 11.1. The maximum atomic E-state index is 12.6. The summed E-state index contributed by atoms with van der Waals surface area (Å²) in [6.45, 7) is 13.0. The van der Waals surface area contributed by atoms with E-state index in [2.05, 4.69) is 0 Å². The molecule has 6 heteroatoms. The molecule has 6 nitrogen and oxygen atoms in total. The number of carbonyl (C=O) groups excluding carboxylic acids is 2. The van der Waals surface area contributed by atoms with Crippen molar-refractivity contribution in [3.63, 3.8) is 0 Å². The predicted molar refractivity (Wildman–Crippen MR) is 129 cm³/mol. The fraction of sp³-hybridized carbons (Fsp3) is 0.407. The van der Waals surface area contributed by atoms with Crippen LogP contribution in [-0.2, 0) is 9.53 Å². The van der Waals surface area contributed by atoms with Crippen molar-refractivity contribution in [2.24, 2.45) is 5.41 Å². The van der Waals surface area contributed by atoms with Gasteiger partial charge in [0.1, 0.15) is 17.2 Å². The lowest BCUT2D eigenvalue weighted by Crippen LogP contribution is -2.24. The zero-order valence-electron chi connectivity index (χ0n) is 20.5. The Morgan fingerprint density at radius 1 is 0.879 bits per heavy atom. The Hall–Kier alpha value is -3.28. The van der Waals surface area contributed by atoms with Crippen molar-refractivity contribution in [2.75, 3.05) is 6.79 Å². The molecule has 0 aromatic heterocycles. The van der Waals surface area contributed by atoms with Crippen LogP contribution < -0.4 is 14.2 Å². The van der Waals surface area contributed by atoms with E-state index in [9.17, 15) is 9.59 Å². The van der Waals surface area contributed by atoms with E-state index >= 15 is 0 Å². The third kappa shape index (κ3) is 8.64. The normalized spacial score (nSPS) is 11.7. The van der Waals surface area contributed by atoms with E-state index in [1.807, 2.05) is 45.9 Å². The number of benzene rings is 2. The van der Waals surface area contributed by atoms with E-state index in [1.165, 1.54) is 6.08 Å². The molecule has 33 heavy (non-hydrogen) atoms. The lowest BCUT2D eigenvalue weighted by Gasteiger charge is -2.16. The Labute approximate surface area is 196 Å². The SMILES string of the molecule is CC(C)Oc1ccc(/C=C/C(=O)c2ccc(OCOC(=O)C(C)(C)C)cc2)c(OC(C)C)c1. The average molecular weight is 455 g/mol. The molecule has 0 saturated heterocycles. The quantitative estimate of drug-likeness (QED) is 0.187. The molecule has 0 amide bonds. The number of hydrogen-bond acceptors (Lipinski definition) is 6. The highest BCUT2D eigenvalue weighted by molar-refractivity contribution is 6.07. The largest absolute Gasteiger partial charge is 0.491 e. The van der Waals surface area contributed by atoms with Crippen molar-refractivity contribution in [1.82, 2.24) is 0 Å². The van der Waals surface area contributed by atoms with Gasteiger partial charge >= 0.3 is 5.97 Å². The van der Waals surface area contributed by atoms with Crippen LogP contribution in [0.15, 0.2) is 48.5 Å². The third-order valence-corrected chi connectivity index (χ3v) is 4.30. The maximum absolute atomic E-state index is 12.6. The third-order valence-electron chi connectivity index (χ3n) is 4.30. The minimum absolute atomic E-state index is 0.0163. The average Bonchev–Trinajstić information content (AvgIpc) is 2.72. The molecule has 0 spiro atoms. The van der Waals surface area contributed by atoms with E-state index in [4.69, 9.17) is 18.9 Å². The second-order valence-corrected chi connectivity index (χ2v) is 9.20. The Bertz CT molecular complexity index is 965. The Morgan fingerprint density at radius 2 is 1.48 bits per heavy atom. The van der Waals surface area contributed by atoms with Gasteiger partial charge in [0, 0.05) is 17.2 Å². The molecule has 2 rings (SSSR count). The number of allylic oxidation sites excluding steroid dienone is 1. The van der Waals surface area contributed by atoms with Crippen LogP contribution in [0.3, 0.4) is 0 Å². The van der Waals surface area contributed by atoms with Gasteiger partial charge in [0.2, 0.25) is 6.79 Å². The minimum Gasteiger partial charge on any atom is -0.491 e. The molecule has 0 heterocycles. The molecule has 2 aromatic rings. The van der Waals surface area contributed by atoms with Gasteiger partial charge in [-0.1, -0.05) is 0 Å². The molecule has 0 aliphatic rings. The molecule has 178 valence electrons. The first-order chi connectivity index (χ1) is 15.5. The van der Waals surface area contributed by atoms with Gasteiger partial charge in [-0.3, -0.25) is 9.59 Å². The molecule has 0 fully saturated rings. The van der Waals surface area contributed by atoms with Gasteiger partial charge in [0.15, 0.2) is 5.78 Å². The Morgan fingerprint density at radius 3 is 2.06 bits per heavy atom. The topological polar surface area (TPSA) is 71.1 Å². The molecule has 0 unspecified atom stereocenters. The molecule has 2 aromatic carbocycles. The van der Waals surface area contributed by atoms with Gasteiger partial charge in [-0.15, -0.1) is 0 Å². The molecule has 0 aliphatic carbocycles. The number of carbonyl (C=O) groups is 2. The van der Waals surface area contributed by atoms with Gasteiger partial charge in [0.25, 0.3) is 0 Å². The van der Waals surface area contributed by atoms with E-state index in [0.29, 0.717) is 22.8 Å². The number of ether oxygens (including phenoxy) is 4. The first-order valence-electron chi connectivity index (χ1n) is 11.1. The summed E-state index contributed by atoms with van der Waals surface area (Å²) in [6.07, 6.45) is 3.27. The monoisotopic (exact) mass is 454 g/mol. The van der Waals surface area contributed by atoms with Crippen LogP contribution in [0.1, 0.15) is 64.4 Å². The highest BCUT2D eigenvalue weighted by Crippen LogP contribution is 2.28. The molecule has 0 aliphatic heterocycles. The molecule has 0 bridgehead atoms. The first kappa shape index (κ1) is 26.0. The molecular formula is C27H34O6. The van der Waals surface area contributed by atoms with E-state index in [0.717, 1.165) is 5.56 Å². The van der Waals surface area contributed by atoms with Gasteiger partial charge < -0.3 is 18.9 Å². The fourth-order valence-electron chi connectivity index (χ4n) is 2.70. The van der Waals surface area contributed by atoms with Gasteiger partial charge in [-0.2, -0.15) is 0 Å². The van der Waals surface area contributed by atoms with Crippen molar-refractivity contribution in [3.05, 3.63) is 59.7 Å². The Balaban J connectivity index is 2.04. The zero-order valence-corrected chi connectivity index (χ0v) is 20.5. The molecule has 0 atom stereocenters. The van der Waals surface area contributed by atoms with Gasteiger partial charge in [-0.05, 0) is 97.0 Å². The lowest BCUT2D eigenvalue weighted by molar-refractivity contribution is -0.159. The second kappa shape index (κ2) is 11.5. The summed E-state index contributed by atoms with van der Waals surface area (Å²) in [5.41, 5.74) is 0.707. The van der Waals surface area contributed by atoms with E-state index in [1.54, 1.807) is 51.1 Å². The van der Waals surface area contributed by atoms with Crippen molar-refractivity contribution in [2.45, 2.75) is 60.7 Å². The molecule has 0 radical (unpaired) electrons. The van der Waals surface area contributed by atoms with E-state index < -0.39 is 5.41 Å². The predicted octanol–water partition coefficient (Wildman–Crippen LogP) is 6.08. The van der Waals surface area contributed by atoms with Gasteiger partial charge in [0.05, 0.1) is 17.6 Å². The molecule has 0 N–H and O–H groups in total. The van der Waals surface area contributed by atoms with Crippen LogP contribution >= 0.6 is 0 Å². The van der Waals surface area contributed by atoms with Crippen molar-refractivity contribution >= 4 is 17.8 Å². The van der Waals surface area contributed by atoms with Crippen molar-refractivity contribution in [3.8, 4) is 17.2 Å². The molecule has 0 saturated carbocycles. The fourth-order valence-corrected chi connectivity index (χ4v) is 2.70. The van der Waals surface area contributed by atoms with Gasteiger partial charge in [-0.25, -0.2) is 0 Å². The lowest BCUT2D eigenvalue weighted by atomic mass is 9.98. The van der Waals surface area contributed by atoms with Crippen molar-refractivity contribution < 1.29 is 28.5 Å². The standard InChI is InChI=1S/C27H34O6/c1-18(2)32-23-14-10-21(25(16-23)33-19(3)4)11-15-24(28)20-8-12-22(13-9-20)30-17-31-26(29)27(5,6)7/h8-16,18-19H,17H2,1-7H3/b15-11+. The minimum atomic E-state index is -0.589. The van der Waals surface area contributed by atoms with Crippen LogP contribution in [0.5, 0.6) is 17.2 Å².